The van der Waals surface area contributed by atoms with Crippen LogP contribution in [0.2, 0.25) is 0 Å². The minimum Gasteiger partial charge on any atom is -0.388 e. The van der Waals surface area contributed by atoms with Gasteiger partial charge in [-0.05, 0) is 6.42 Å². The molecular weight excluding hydrogens is 360 g/mol. The summed E-state index contributed by atoms with van der Waals surface area (Å²) < 4.78 is 33.4. The maximum Gasteiger partial charge on any atom is 0.279 e. The van der Waals surface area contributed by atoms with Crippen LogP contribution in [0.1, 0.15) is 71.1 Å². The van der Waals surface area contributed by atoms with Crippen molar-refractivity contribution < 1.29 is 28.5 Å². The smallest absolute Gasteiger partial charge is 0.279 e. The first-order chi connectivity index (χ1) is 12.4. The third-order valence-corrected chi connectivity index (χ3v) is 5.72. The van der Waals surface area contributed by atoms with E-state index in [-0.39, 0.29) is 6.61 Å². The standard InChI is InChI=1S/C17H36N2O6S/c1-2-3-4-5-6-7-8-9-10-11-12-18-26(23,24)19-17-16(22)15(21)14(20)13-25-17/h14-22H,2-13H2,1H3/t14-,15-,16+,17+/m1/s1. The van der Waals surface area contributed by atoms with E-state index in [1.807, 2.05) is 0 Å². The number of unbranched alkanes of at least 4 members (excludes halogenated alkanes) is 9. The summed E-state index contributed by atoms with van der Waals surface area (Å²) >= 11 is 0. The molecule has 156 valence electrons. The molecule has 26 heavy (non-hydrogen) atoms. The van der Waals surface area contributed by atoms with Crippen LogP contribution in [0.4, 0.5) is 0 Å². The fourth-order valence-electron chi connectivity index (χ4n) is 2.92. The lowest BCUT2D eigenvalue weighted by Crippen LogP contribution is -2.60. The van der Waals surface area contributed by atoms with Gasteiger partial charge >= 0.3 is 0 Å². The summed E-state index contributed by atoms with van der Waals surface area (Å²) in [7, 11) is -3.84. The highest BCUT2D eigenvalue weighted by Gasteiger charge is 2.39. The Morgan fingerprint density at radius 1 is 0.885 bits per heavy atom. The van der Waals surface area contributed by atoms with E-state index >= 15 is 0 Å². The highest BCUT2D eigenvalue weighted by molar-refractivity contribution is 7.87. The van der Waals surface area contributed by atoms with Crippen molar-refractivity contribution in [3.05, 3.63) is 0 Å². The lowest BCUT2D eigenvalue weighted by Gasteiger charge is -2.35. The van der Waals surface area contributed by atoms with Gasteiger partial charge in [-0.2, -0.15) is 13.1 Å². The molecule has 0 aromatic rings. The minimum absolute atomic E-state index is 0.246. The zero-order valence-electron chi connectivity index (χ0n) is 15.8. The number of rotatable bonds is 14. The molecule has 0 aromatic carbocycles. The molecule has 8 nitrogen and oxygen atoms in total. The highest BCUT2D eigenvalue weighted by atomic mass is 32.2. The van der Waals surface area contributed by atoms with E-state index in [9.17, 15) is 23.7 Å². The molecule has 0 saturated carbocycles. The molecule has 0 radical (unpaired) electrons. The van der Waals surface area contributed by atoms with Crippen molar-refractivity contribution in [3.63, 3.8) is 0 Å². The average molecular weight is 397 g/mol. The number of hydrogen-bond acceptors (Lipinski definition) is 6. The second-order valence-electron chi connectivity index (χ2n) is 7.00. The van der Waals surface area contributed by atoms with Gasteiger partial charge in [0.25, 0.3) is 10.2 Å². The average Bonchev–Trinajstić information content (AvgIpc) is 2.60. The molecule has 4 atom stereocenters. The largest absolute Gasteiger partial charge is 0.388 e. The Kier molecular flexibility index (Phi) is 11.9. The first kappa shape index (κ1) is 23.7. The van der Waals surface area contributed by atoms with E-state index < -0.39 is 34.7 Å². The lowest BCUT2D eigenvalue weighted by molar-refractivity contribution is -0.189. The molecule has 1 heterocycles. The zero-order chi connectivity index (χ0) is 19.4. The summed E-state index contributed by atoms with van der Waals surface area (Å²) in [5.74, 6) is 0. The van der Waals surface area contributed by atoms with E-state index in [4.69, 9.17) is 4.74 Å². The number of aliphatic hydroxyl groups is 3. The van der Waals surface area contributed by atoms with Gasteiger partial charge in [-0.25, -0.2) is 4.72 Å². The first-order valence-electron chi connectivity index (χ1n) is 9.80. The summed E-state index contributed by atoms with van der Waals surface area (Å²) in [4.78, 5) is 0. The minimum atomic E-state index is -3.84. The van der Waals surface area contributed by atoms with Crippen LogP contribution in [0, 0.1) is 0 Å². The van der Waals surface area contributed by atoms with E-state index in [1.165, 1.54) is 44.9 Å². The van der Waals surface area contributed by atoms with E-state index in [0.717, 1.165) is 19.3 Å². The quantitative estimate of drug-likeness (QED) is 0.276. The first-order valence-corrected chi connectivity index (χ1v) is 11.3. The summed E-state index contributed by atoms with van der Waals surface area (Å²) in [6, 6.07) is 0. The van der Waals surface area contributed by atoms with Crippen molar-refractivity contribution in [1.82, 2.24) is 9.44 Å². The molecule has 9 heteroatoms. The topological polar surface area (TPSA) is 128 Å². The molecule has 0 bridgehead atoms. The summed E-state index contributed by atoms with van der Waals surface area (Å²) in [5.41, 5.74) is 0. The maximum atomic E-state index is 11.9. The van der Waals surface area contributed by atoms with Crippen LogP contribution in [0.15, 0.2) is 0 Å². The SMILES string of the molecule is CCCCCCCCCCCCNS(=O)(=O)N[C@H]1OC[C@@H](O)[C@@H](O)[C@@H]1O. The van der Waals surface area contributed by atoms with Gasteiger partial charge in [0.05, 0.1) is 6.61 Å². The zero-order valence-corrected chi connectivity index (χ0v) is 16.6. The van der Waals surface area contributed by atoms with Gasteiger partial charge < -0.3 is 20.1 Å². The van der Waals surface area contributed by atoms with Crippen LogP contribution in [-0.2, 0) is 14.9 Å². The molecular formula is C17H36N2O6S. The van der Waals surface area contributed by atoms with Gasteiger partial charge in [-0.15, -0.1) is 0 Å². The summed E-state index contributed by atoms with van der Waals surface area (Å²) in [6.45, 7) is 2.27. The molecule has 5 N–H and O–H groups in total. The van der Waals surface area contributed by atoms with Crippen molar-refractivity contribution in [3.8, 4) is 0 Å². The van der Waals surface area contributed by atoms with Crippen molar-refractivity contribution in [2.24, 2.45) is 0 Å². The summed E-state index contributed by atoms with van der Waals surface area (Å²) in [5, 5.41) is 28.6. The fourth-order valence-corrected chi connectivity index (χ4v) is 3.93. The number of hydrogen-bond donors (Lipinski definition) is 5. The number of nitrogens with one attached hydrogen (secondary N) is 2. The maximum absolute atomic E-state index is 11.9. The van der Waals surface area contributed by atoms with E-state index in [2.05, 4.69) is 16.4 Å². The molecule has 1 saturated heterocycles. The van der Waals surface area contributed by atoms with Crippen molar-refractivity contribution in [2.45, 2.75) is 95.7 Å². The van der Waals surface area contributed by atoms with Crippen LogP contribution in [0.3, 0.4) is 0 Å². The summed E-state index contributed by atoms with van der Waals surface area (Å²) in [6.07, 6.45) is 6.23. The third kappa shape index (κ3) is 9.59. The van der Waals surface area contributed by atoms with Crippen LogP contribution in [0.5, 0.6) is 0 Å². The fraction of sp³-hybridized carbons (Fsp3) is 1.00. The van der Waals surface area contributed by atoms with Gasteiger partial charge in [0.15, 0.2) is 6.23 Å². The van der Waals surface area contributed by atoms with E-state index in [1.54, 1.807) is 0 Å². The van der Waals surface area contributed by atoms with Crippen LogP contribution in [-0.4, -0.2) is 61.4 Å². The molecule has 0 aliphatic carbocycles. The molecule has 0 amide bonds. The molecule has 1 aliphatic heterocycles. The molecule has 1 fully saturated rings. The van der Waals surface area contributed by atoms with Crippen LogP contribution >= 0.6 is 0 Å². The van der Waals surface area contributed by atoms with Crippen molar-refractivity contribution in [2.75, 3.05) is 13.2 Å². The Hall–Kier alpha value is -0.290. The number of aliphatic hydroxyl groups excluding tert-OH is 3. The van der Waals surface area contributed by atoms with Crippen LogP contribution < -0.4 is 9.44 Å². The molecule has 1 rings (SSSR count). The molecule has 0 unspecified atom stereocenters. The van der Waals surface area contributed by atoms with Crippen molar-refractivity contribution >= 4 is 10.2 Å². The van der Waals surface area contributed by atoms with Gasteiger partial charge in [-0.1, -0.05) is 64.7 Å². The second kappa shape index (κ2) is 13.0. The second-order valence-corrected chi connectivity index (χ2v) is 8.53. The molecule has 1 aliphatic rings. The highest BCUT2D eigenvalue weighted by Crippen LogP contribution is 2.14. The van der Waals surface area contributed by atoms with Gasteiger partial charge in [-0.3, -0.25) is 0 Å². The molecule has 0 spiro atoms. The van der Waals surface area contributed by atoms with Crippen LogP contribution in [0.25, 0.3) is 0 Å². The monoisotopic (exact) mass is 396 g/mol. The number of ether oxygens (including phenoxy) is 1. The normalized spacial score (nSPS) is 26.9. The Morgan fingerprint density at radius 2 is 1.42 bits per heavy atom. The lowest BCUT2D eigenvalue weighted by atomic mass is 10.1. The Morgan fingerprint density at radius 3 is 2.00 bits per heavy atom. The van der Waals surface area contributed by atoms with Gasteiger partial charge in [0, 0.05) is 6.54 Å². The molecule has 0 aromatic heterocycles. The Balaban J connectivity index is 2.07. The predicted octanol–water partition coefficient (Wildman–Crippen LogP) is 0.770. The third-order valence-electron chi connectivity index (χ3n) is 4.59. The van der Waals surface area contributed by atoms with Crippen molar-refractivity contribution in [1.29, 1.82) is 0 Å². The Labute approximate surface area is 157 Å². The Bertz CT molecular complexity index is 462. The van der Waals surface area contributed by atoms with E-state index in [0.29, 0.717) is 6.54 Å². The van der Waals surface area contributed by atoms with Gasteiger partial charge in [0.1, 0.15) is 18.3 Å². The predicted molar refractivity (Wildman–Crippen MR) is 99.7 cm³/mol. The van der Waals surface area contributed by atoms with Gasteiger partial charge in [0.2, 0.25) is 0 Å².